The summed E-state index contributed by atoms with van der Waals surface area (Å²) in [5.41, 5.74) is 7.41. The minimum absolute atomic E-state index is 0.0438. The highest BCUT2D eigenvalue weighted by Gasteiger charge is 2.56. The molecule has 2 unspecified atom stereocenters. The maximum Gasteiger partial charge on any atom is 0.244 e. The first-order chi connectivity index (χ1) is 12.2. The molecule has 1 aliphatic heterocycles. The molecule has 1 aromatic carbocycles. The number of likely N-dealkylation sites (tertiary alicyclic amines) is 1. The van der Waals surface area contributed by atoms with Crippen molar-refractivity contribution in [2.24, 2.45) is 11.7 Å². The Kier molecular flexibility index (Phi) is 5.19. The summed E-state index contributed by atoms with van der Waals surface area (Å²) in [4.78, 5) is 15.7. The van der Waals surface area contributed by atoms with Gasteiger partial charge in [-0.2, -0.15) is 0 Å². The van der Waals surface area contributed by atoms with Crippen LogP contribution >= 0.6 is 0 Å². The zero-order chi connectivity index (χ0) is 19.1. The molecule has 2 fully saturated rings. The zero-order valence-corrected chi connectivity index (χ0v) is 16.8. The minimum Gasteiger partial charge on any atom is -0.338 e. The van der Waals surface area contributed by atoms with E-state index >= 15 is 0 Å². The second-order valence-corrected chi connectivity index (χ2v) is 10.3. The summed E-state index contributed by atoms with van der Waals surface area (Å²) in [6.45, 7) is 6.80. The van der Waals surface area contributed by atoms with E-state index in [9.17, 15) is 13.2 Å². The summed E-state index contributed by atoms with van der Waals surface area (Å²) in [5, 5.41) is 0. The number of aryl methyl sites for hydroxylation is 2. The SMILES string of the molecule is Cc1ccc(C)c(S(=O)(=O)C2(C(=O)N3CC(CN)CC3C)CCCC2)c1. The van der Waals surface area contributed by atoms with Crippen LogP contribution in [0.1, 0.15) is 50.2 Å². The number of hydrogen-bond acceptors (Lipinski definition) is 4. The third kappa shape index (κ3) is 2.97. The quantitative estimate of drug-likeness (QED) is 0.873. The van der Waals surface area contributed by atoms with Crippen molar-refractivity contribution in [1.29, 1.82) is 0 Å². The highest BCUT2D eigenvalue weighted by molar-refractivity contribution is 7.93. The van der Waals surface area contributed by atoms with Gasteiger partial charge in [-0.05, 0) is 69.7 Å². The lowest BCUT2D eigenvalue weighted by molar-refractivity contribution is -0.134. The normalized spacial score (nSPS) is 25.6. The van der Waals surface area contributed by atoms with Crippen LogP contribution in [0.5, 0.6) is 0 Å². The first kappa shape index (κ1) is 19.4. The van der Waals surface area contributed by atoms with Crippen LogP contribution in [0.15, 0.2) is 23.1 Å². The molecule has 1 aromatic rings. The van der Waals surface area contributed by atoms with Crippen LogP contribution in [0.25, 0.3) is 0 Å². The van der Waals surface area contributed by atoms with Gasteiger partial charge in [-0.15, -0.1) is 0 Å². The van der Waals surface area contributed by atoms with Crippen molar-refractivity contribution in [3.8, 4) is 0 Å². The van der Waals surface area contributed by atoms with E-state index in [0.29, 0.717) is 36.4 Å². The van der Waals surface area contributed by atoms with Crippen LogP contribution in [-0.4, -0.2) is 43.1 Å². The minimum atomic E-state index is -3.76. The molecule has 144 valence electrons. The molecule has 2 atom stereocenters. The molecule has 26 heavy (non-hydrogen) atoms. The molecule has 1 amide bonds. The van der Waals surface area contributed by atoms with Crippen molar-refractivity contribution >= 4 is 15.7 Å². The van der Waals surface area contributed by atoms with Crippen LogP contribution < -0.4 is 5.73 Å². The van der Waals surface area contributed by atoms with Gasteiger partial charge in [0.1, 0.15) is 0 Å². The molecule has 0 aromatic heterocycles. The Hall–Kier alpha value is -1.40. The summed E-state index contributed by atoms with van der Waals surface area (Å²) in [5.74, 6) is 0.0511. The Morgan fingerprint density at radius 2 is 1.92 bits per heavy atom. The van der Waals surface area contributed by atoms with Gasteiger partial charge in [0.05, 0.1) is 4.90 Å². The smallest absolute Gasteiger partial charge is 0.244 e. The third-order valence-electron chi connectivity index (χ3n) is 6.20. The molecule has 3 rings (SSSR count). The van der Waals surface area contributed by atoms with E-state index in [0.717, 1.165) is 24.8 Å². The van der Waals surface area contributed by atoms with Crippen molar-refractivity contribution in [3.05, 3.63) is 29.3 Å². The second-order valence-electron chi connectivity index (χ2n) is 8.12. The first-order valence-electron chi connectivity index (χ1n) is 9.56. The number of benzene rings is 1. The van der Waals surface area contributed by atoms with Gasteiger partial charge in [0.25, 0.3) is 0 Å². The monoisotopic (exact) mass is 378 g/mol. The number of nitrogens with zero attached hydrogens (tertiary/aromatic N) is 1. The molecular formula is C20H30N2O3S. The van der Waals surface area contributed by atoms with E-state index in [2.05, 4.69) is 0 Å². The molecule has 1 saturated heterocycles. The van der Waals surface area contributed by atoms with Crippen molar-refractivity contribution in [2.75, 3.05) is 13.1 Å². The lowest BCUT2D eigenvalue weighted by Gasteiger charge is -2.34. The van der Waals surface area contributed by atoms with Crippen LogP contribution in [0, 0.1) is 19.8 Å². The van der Waals surface area contributed by atoms with E-state index in [1.54, 1.807) is 11.0 Å². The maximum absolute atomic E-state index is 13.7. The third-order valence-corrected chi connectivity index (χ3v) is 8.83. The van der Waals surface area contributed by atoms with Crippen LogP contribution in [0.2, 0.25) is 0 Å². The molecular weight excluding hydrogens is 348 g/mol. The van der Waals surface area contributed by atoms with Gasteiger partial charge in [0, 0.05) is 12.6 Å². The Morgan fingerprint density at radius 3 is 2.50 bits per heavy atom. The maximum atomic E-state index is 13.7. The fraction of sp³-hybridized carbons (Fsp3) is 0.650. The number of rotatable bonds is 4. The predicted octanol–water partition coefficient (Wildman–Crippen LogP) is 2.59. The molecule has 0 bridgehead atoms. The van der Waals surface area contributed by atoms with Crippen LogP contribution in [0.3, 0.4) is 0 Å². The summed E-state index contributed by atoms with van der Waals surface area (Å²) in [6, 6.07) is 5.50. The van der Waals surface area contributed by atoms with Gasteiger partial charge in [-0.25, -0.2) is 8.42 Å². The molecule has 1 heterocycles. The van der Waals surface area contributed by atoms with E-state index < -0.39 is 14.6 Å². The van der Waals surface area contributed by atoms with E-state index in [4.69, 9.17) is 5.73 Å². The summed E-state index contributed by atoms with van der Waals surface area (Å²) in [7, 11) is -3.76. The molecule has 2 N–H and O–H groups in total. The van der Waals surface area contributed by atoms with Crippen molar-refractivity contribution in [3.63, 3.8) is 0 Å². The Balaban J connectivity index is 2.05. The van der Waals surface area contributed by atoms with Gasteiger partial charge < -0.3 is 10.6 Å². The number of nitrogens with two attached hydrogens (primary N) is 1. The number of carbonyl (C=O) groups is 1. The number of carbonyl (C=O) groups excluding carboxylic acids is 1. The van der Waals surface area contributed by atoms with Crippen LogP contribution in [0.4, 0.5) is 0 Å². The first-order valence-corrected chi connectivity index (χ1v) is 11.0. The molecule has 6 heteroatoms. The summed E-state index contributed by atoms with van der Waals surface area (Å²) < 4.78 is 26.1. The van der Waals surface area contributed by atoms with Crippen LogP contribution in [-0.2, 0) is 14.6 Å². The molecule has 1 aliphatic carbocycles. The predicted molar refractivity (Wildman–Crippen MR) is 103 cm³/mol. The fourth-order valence-electron chi connectivity index (χ4n) is 4.61. The van der Waals surface area contributed by atoms with Gasteiger partial charge >= 0.3 is 0 Å². The van der Waals surface area contributed by atoms with E-state index in [1.807, 2.05) is 32.9 Å². The summed E-state index contributed by atoms with van der Waals surface area (Å²) in [6.07, 6.45) is 3.23. The van der Waals surface area contributed by atoms with E-state index in [1.165, 1.54) is 0 Å². The molecule has 1 saturated carbocycles. The molecule has 0 spiro atoms. The lowest BCUT2D eigenvalue weighted by Crippen LogP contribution is -2.53. The average Bonchev–Trinajstić information content (AvgIpc) is 3.24. The Bertz CT molecular complexity index is 797. The van der Waals surface area contributed by atoms with Crippen molar-refractivity contribution < 1.29 is 13.2 Å². The van der Waals surface area contributed by atoms with Gasteiger partial charge in [0.15, 0.2) is 14.6 Å². The molecule has 0 radical (unpaired) electrons. The topological polar surface area (TPSA) is 80.5 Å². The van der Waals surface area contributed by atoms with Gasteiger partial charge in [0.2, 0.25) is 5.91 Å². The summed E-state index contributed by atoms with van der Waals surface area (Å²) >= 11 is 0. The van der Waals surface area contributed by atoms with Gasteiger partial charge in [-0.3, -0.25) is 4.79 Å². The van der Waals surface area contributed by atoms with E-state index in [-0.39, 0.29) is 17.9 Å². The number of sulfone groups is 1. The Labute approximate surface area is 156 Å². The highest BCUT2D eigenvalue weighted by atomic mass is 32.2. The highest BCUT2D eigenvalue weighted by Crippen LogP contribution is 2.44. The molecule has 5 nitrogen and oxygen atoms in total. The standard InChI is InChI=1S/C20H30N2O3S/c1-14-6-7-15(2)18(10-14)26(24,25)20(8-4-5-9-20)19(23)22-13-17(12-21)11-16(22)3/h6-7,10,16-17H,4-5,8-9,11-13,21H2,1-3H3. The van der Waals surface area contributed by atoms with Crippen molar-refractivity contribution in [2.45, 2.75) is 68.6 Å². The second kappa shape index (κ2) is 6.97. The number of hydrogen-bond donors (Lipinski definition) is 1. The average molecular weight is 379 g/mol. The fourth-order valence-corrected chi connectivity index (χ4v) is 7.04. The van der Waals surface area contributed by atoms with Gasteiger partial charge in [-0.1, -0.05) is 25.0 Å². The van der Waals surface area contributed by atoms with Crippen molar-refractivity contribution in [1.82, 2.24) is 4.90 Å². The Morgan fingerprint density at radius 1 is 1.27 bits per heavy atom. The number of amides is 1. The molecule has 2 aliphatic rings. The zero-order valence-electron chi connectivity index (χ0n) is 16.0. The largest absolute Gasteiger partial charge is 0.338 e. The lowest BCUT2D eigenvalue weighted by atomic mass is 10.0.